The van der Waals surface area contributed by atoms with Crippen LogP contribution in [0.2, 0.25) is 0 Å². The van der Waals surface area contributed by atoms with Gasteiger partial charge in [-0.2, -0.15) is 0 Å². The fourth-order valence-electron chi connectivity index (χ4n) is 0.943. The van der Waals surface area contributed by atoms with Crippen molar-refractivity contribution in [2.75, 3.05) is 6.61 Å². The van der Waals surface area contributed by atoms with Crippen molar-refractivity contribution in [1.29, 1.82) is 0 Å². The molecule has 0 saturated carbocycles. The van der Waals surface area contributed by atoms with Gasteiger partial charge in [-0.05, 0) is 31.6 Å². The standard InChI is InChI=1S/C14H14O2/c1-3-12(2)11-16-14(15)10-9-13-7-5-4-6-8-13/h3-8H,11H2,1-2H3/b12-3+. The van der Waals surface area contributed by atoms with Crippen LogP contribution in [-0.2, 0) is 9.53 Å². The molecule has 0 radical (unpaired) electrons. The van der Waals surface area contributed by atoms with E-state index >= 15 is 0 Å². The van der Waals surface area contributed by atoms with Crippen LogP contribution in [0, 0.1) is 11.8 Å². The SMILES string of the molecule is C/C=C(\C)COC(=O)C#Cc1ccccc1. The highest BCUT2D eigenvalue weighted by molar-refractivity contribution is 5.89. The smallest absolute Gasteiger partial charge is 0.385 e. The number of rotatable bonds is 2. The highest BCUT2D eigenvalue weighted by Crippen LogP contribution is 1.95. The Bertz CT molecular complexity index is 433. The highest BCUT2D eigenvalue weighted by Gasteiger charge is 1.96. The average molecular weight is 214 g/mol. The van der Waals surface area contributed by atoms with Gasteiger partial charge in [0.1, 0.15) is 6.61 Å². The van der Waals surface area contributed by atoms with Gasteiger partial charge in [-0.1, -0.05) is 30.2 Å². The summed E-state index contributed by atoms with van der Waals surface area (Å²) in [7, 11) is 0. The molecule has 1 aromatic carbocycles. The second kappa shape index (κ2) is 6.47. The number of carbonyl (C=O) groups is 1. The lowest BCUT2D eigenvalue weighted by atomic mass is 10.2. The predicted molar refractivity (Wildman–Crippen MR) is 63.7 cm³/mol. The Balaban J connectivity index is 2.49. The molecule has 2 heteroatoms. The summed E-state index contributed by atoms with van der Waals surface area (Å²) in [6, 6.07) is 9.34. The Morgan fingerprint density at radius 3 is 2.69 bits per heavy atom. The maximum atomic E-state index is 11.2. The van der Waals surface area contributed by atoms with Gasteiger partial charge >= 0.3 is 5.97 Å². The van der Waals surface area contributed by atoms with Gasteiger partial charge in [0.2, 0.25) is 0 Å². The molecule has 0 aliphatic heterocycles. The van der Waals surface area contributed by atoms with Crippen molar-refractivity contribution in [1.82, 2.24) is 0 Å². The number of allylic oxidation sites excluding steroid dienone is 1. The van der Waals surface area contributed by atoms with Crippen LogP contribution in [0.3, 0.4) is 0 Å². The summed E-state index contributed by atoms with van der Waals surface area (Å²) in [5.41, 5.74) is 1.82. The lowest BCUT2D eigenvalue weighted by Gasteiger charge is -1.98. The second-order valence-electron chi connectivity index (χ2n) is 3.33. The van der Waals surface area contributed by atoms with E-state index in [-0.39, 0.29) is 0 Å². The molecule has 1 aromatic rings. The maximum absolute atomic E-state index is 11.2. The Morgan fingerprint density at radius 1 is 1.38 bits per heavy atom. The van der Waals surface area contributed by atoms with E-state index in [2.05, 4.69) is 11.8 Å². The van der Waals surface area contributed by atoms with Gasteiger partial charge in [0, 0.05) is 11.5 Å². The highest BCUT2D eigenvalue weighted by atomic mass is 16.5. The molecule has 0 fully saturated rings. The van der Waals surface area contributed by atoms with Crippen molar-refractivity contribution in [2.45, 2.75) is 13.8 Å². The Hall–Kier alpha value is -2.01. The molecule has 0 heterocycles. The van der Waals surface area contributed by atoms with Crippen molar-refractivity contribution in [2.24, 2.45) is 0 Å². The predicted octanol–water partition coefficient (Wildman–Crippen LogP) is 2.55. The van der Waals surface area contributed by atoms with E-state index in [9.17, 15) is 4.79 Å². The third-order valence-corrected chi connectivity index (χ3v) is 2.01. The Kier molecular flexibility index (Phi) is 4.88. The monoisotopic (exact) mass is 214 g/mol. The zero-order valence-electron chi connectivity index (χ0n) is 9.49. The summed E-state index contributed by atoms with van der Waals surface area (Å²) in [5.74, 6) is 4.69. The molecule has 0 unspecified atom stereocenters. The first kappa shape index (κ1) is 12.1. The minimum absolute atomic E-state index is 0.304. The molecule has 0 spiro atoms. The molecule has 0 amide bonds. The first-order valence-electron chi connectivity index (χ1n) is 5.08. The lowest BCUT2D eigenvalue weighted by Crippen LogP contribution is -2.03. The molecule has 0 aliphatic rings. The molecule has 16 heavy (non-hydrogen) atoms. The van der Waals surface area contributed by atoms with Crippen LogP contribution in [0.15, 0.2) is 42.0 Å². The summed E-state index contributed by atoms with van der Waals surface area (Å²) in [6.45, 7) is 4.11. The molecule has 1 rings (SSSR count). The van der Waals surface area contributed by atoms with Crippen molar-refractivity contribution >= 4 is 5.97 Å². The van der Waals surface area contributed by atoms with E-state index in [0.717, 1.165) is 11.1 Å². The van der Waals surface area contributed by atoms with E-state index in [0.29, 0.717) is 6.61 Å². The Labute approximate surface area is 95.9 Å². The van der Waals surface area contributed by atoms with E-state index in [1.54, 1.807) is 0 Å². The molecule has 0 atom stereocenters. The fourth-order valence-corrected chi connectivity index (χ4v) is 0.943. The lowest BCUT2D eigenvalue weighted by molar-refractivity contribution is -0.135. The average Bonchev–Trinajstić information content (AvgIpc) is 2.34. The van der Waals surface area contributed by atoms with Gasteiger partial charge in [-0.15, -0.1) is 0 Å². The summed E-state index contributed by atoms with van der Waals surface area (Å²) in [6.07, 6.45) is 1.90. The van der Waals surface area contributed by atoms with Gasteiger partial charge in [0.15, 0.2) is 0 Å². The third-order valence-electron chi connectivity index (χ3n) is 2.01. The molecule has 0 bridgehead atoms. The zero-order valence-corrected chi connectivity index (χ0v) is 9.49. The molecular formula is C14H14O2. The molecule has 0 aliphatic carbocycles. The summed E-state index contributed by atoms with van der Waals surface area (Å²) < 4.78 is 4.94. The van der Waals surface area contributed by atoms with Gasteiger partial charge in [-0.25, -0.2) is 4.79 Å². The van der Waals surface area contributed by atoms with Crippen LogP contribution in [0.25, 0.3) is 0 Å². The number of ether oxygens (including phenoxy) is 1. The fraction of sp³-hybridized carbons (Fsp3) is 0.214. The minimum atomic E-state index is -0.495. The minimum Gasteiger partial charge on any atom is -0.452 e. The van der Waals surface area contributed by atoms with Crippen molar-refractivity contribution in [3.8, 4) is 11.8 Å². The van der Waals surface area contributed by atoms with Gasteiger partial charge in [-0.3, -0.25) is 0 Å². The number of hydrogen-bond donors (Lipinski definition) is 0. The zero-order chi connectivity index (χ0) is 11.8. The van der Waals surface area contributed by atoms with E-state index in [1.165, 1.54) is 0 Å². The largest absolute Gasteiger partial charge is 0.452 e. The summed E-state index contributed by atoms with van der Waals surface area (Å²) in [4.78, 5) is 11.2. The first-order chi connectivity index (χ1) is 7.72. The molecule has 82 valence electrons. The quantitative estimate of drug-likeness (QED) is 0.429. The normalized spacial score (nSPS) is 10.2. The van der Waals surface area contributed by atoms with Crippen molar-refractivity contribution in [3.05, 3.63) is 47.5 Å². The van der Waals surface area contributed by atoms with Gasteiger partial charge < -0.3 is 4.74 Å². The molecule has 2 nitrogen and oxygen atoms in total. The van der Waals surface area contributed by atoms with Crippen LogP contribution in [0.5, 0.6) is 0 Å². The van der Waals surface area contributed by atoms with Crippen LogP contribution in [0.1, 0.15) is 19.4 Å². The number of hydrogen-bond acceptors (Lipinski definition) is 2. The van der Waals surface area contributed by atoms with Gasteiger partial charge in [0.05, 0.1) is 0 Å². The van der Waals surface area contributed by atoms with E-state index < -0.39 is 5.97 Å². The molecule has 0 aromatic heterocycles. The number of carbonyl (C=O) groups excluding carboxylic acids is 1. The molecule has 0 saturated heterocycles. The molecule has 0 N–H and O–H groups in total. The third kappa shape index (κ3) is 4.47. The number of benzene rings is 1. The molecular weight excluding hydrogens is 200 g/mol. The van der Waals surface area contributed by atoms with Crippen LogP contribution in [0.4, 0.5) is 0 Å². The van der Waals surface area contributed by atoms with E-state index in [4.69, 9.17) is 4.74 Å². The second-order valence-corrected chi connectivity index (χ2v) is 3.33. The summed E-state index contributed by atoms with van der Waals surface area (Å²) >= 11 is 0. The van der Waals surface area contributed by atoms with Crippen LogP contribution in [-0.4, -0.2) is 12.6 Å². The van der Waals surface area contributed by atoms with E-state index in [1.807, 2.05) is 50.3 Å². The summed E-state index contributed by atoms with van der Waals surface area (Å²) in [5, 5.41) is 0. The van der Waals surface area contributed by atoms with Crippen molar-refractivity contribution < 1.29 is 9.53 Å². The topological polar surface area (TPSA) is 26.3 Å². The number of esters is 1. The van der Waals surface area contributed by atoms with Gasteiger partial charge in [0.25, 0.3) is 0 Å². The Morgan fingerprint density at radius 2 is 2.06 bits per heavy atom. The van der Waals surface area contributed by atoms with Crippen molar-refractivity contribution in [3.63, 3.8) is 0 Å². The first-order valence-corrected chi connectivity index (χ1v) is 5.08. The van der Waals surface area contributed by atoms with Crippen LogP contribution >= 0.6 is 0 Å². The van der Waals surface area contributed by atoms with Crippen LogP contribution < -0.4 is 0 Å². The maximum Gasteiger partial charge on any atom is 0.385 e.